The highest BCUT2D eigenvalue weighted by atomic mass is 16.4. The topological polar surface area (TPSA) is 43.8 Å². The van der Waals surface area contributed by atoms with Crippen LogP contribution in [-0.4, -0.2) is 60.6 Å². The Bertz CT molecular complexity index is 250. The molecule has 1 unspecified atom stereocenters. The summed E-state index contributed by atoms with van der Waals surface area (Å²) in [7, 11) is 4.14. The molecule has 4 heteroatoms. The van der Waals surface area contributed by atoms with Crippen LogP contribution in [-0.2, 0) is 4.79 Å². The van der Waals surface area contributed by atoms with Gasteiger partial charge >= 0.3 is 5.97 Å². The summed E-state index contributed by atoms with van der Waals surface area (Å²) in [6.07, 6.45) is 6.40. The van der Waals surface area contributed by atoms with Crippen LogP contribution in [0.2, 0.25) is 0 Å². The quantitative estimate of drug-likeness (QED) is 0.755. The summed E-state index contributed by atoms with van der Waals surface area (Å²) in [5.74, 6) is -0.949. The van der Waals surface area contributed by atoms with Gasteiger partial charge < -0.3 is 10.0 Å². The molecule has 0 aliphatic heterocycles. The van der Waals surface area contributed by atoms with E-state index in [1.807, 2.05) is 6.92 Å². The molecule has 0 radical (unpaired) electrons. The molecule has 0 aromatic rings. The van der Waals surface area contributed by atoms with Crippen LogP contribution >= 0.6 is 0 Å². The maximum atomic E-state index is 11.0. The Morgan fingerprint density at radius 1 is 1.22 bits per heavy atom. The molecule has 1 fully saturated rings. The number of likely N-dealkylation sites (N-methyl/N-ethyl adjacent to an activating group) is 1. The Balaban J connectivity index is 2.52. The third-order valence-corrected chi connectivity index (χ3v) is 3.86. The third-order valence-electron chi connectivity index (χ3n) is 3.86. The smallest absolute Gasteiger partial charge is 0.307 e. The normalized spacial score (nSPS) is 19.4. The first-order valence-electron chi connectivity index (χ1n) is 7.12. The lowest BCUT2D eigenvalue weighted by Gasteiger charge is -2.36. The first kappa shape index (κ1) is 15.4. The van der Waals surface area contributed by atoms with Gasteiger partial charge in [-0.05, 0) is 26.9 Å². The van der Waals surface area contributed by atoms with Gasteiger partial charge in [0.1, 0.15) is 0 Å². The minimum atomic E-state index is -0.680. The van der Waals surface area contributed by atoms with E-state index in [1.165, 1.54) is 32.1 Å². The van der Waals surface area contributed by atoms with E-state index in [0.717, 1.165) is 13.1 Å². The molecule has 1 atom stereocenters. The van der Waals surface area contributed by atoms with Gasteiger partial charge in [-0.3, -0.25) is 9.69 Å². The largest absolute Gasteiger partial charge is 0.481 e. The summed E-state index contributed by atoms with van der Waals surface area (Å²) in [6.45, 7) is 4.49. The molecule has 1 saturated carbocycles. The van der Waals surface area contributed by atoms with E-state index in [2.05, 4.69) is 23.9 Å². The first-order chi connectivity index (χ1) is 8.50. The van der Waals surface area contributed by atoms with Crippen molar-refractivity contribution in [1.82, 2.24) is 9.80 Å². The predicted molar refractivity (Wildman–Crippen MR) is 73.8 cm³/mol. The van der Waals surface area contributed by atoms with Crippen LogP contribution in [0.3, 0.4) is 0 Å². The predicted octanol–water partition coefficient (Wildman–Crippen LogP) is 1.90. The molecule has 1 rings (SSSR count). The molecule has 0 bridgehead atoms. The fraction of sp³-hybridized carbons (Fsp3) is 0.929. The Morgan fingerprint density at radius 3 is 2.33 bits per heavy atom. The average Bonchev–Trinajstić information content (AvgIpc) is 2.34. The number of hydrogen-bond donors (Lipinski definition) is 1. The lowest BCUT2D eigenvalue weighted by atomic mass is 9.93. The van der Waals surface area contributed by atoms with Crippen LogP contribution in [0.15, 0.2) is 0 Å². The van der Waals surface area contributed by atoms with Gasteiger partial charge in [0, 0.05) is 25.7 Å². The van der Waals surface area contributed by atoms with Crippen LogP contribution in [0.4, 0.5) is 0 Å². The van der Waals surface area contributed by atoms with Crippen molar-refractivity contribution in [2.45, 2.75) is 45.1 Å². The summed E-state index contributed by atoms with van der Waals surface area (Å²) >= 11 is 0. The average molecular weight is 256 g/mol. The van der Waals surface area contributed by atoms with Gasteiger partial charge in [0.2, 0.25) is 0 Å². The van der Waals surface area contributed by atoms with Crippen molar-refractivity contribution in [3.63, 3.8) is 0 Å². The monoisotopic (exact) mass is 256 g/mol. The zero-order chi connectivity index (χ0) is 13.5. The Labute approximate surface area is 111 Å². The van der Waals surface area contributed by atoms with E-state index in [4.69, 9.17) is 5.11 Å². The molecular formula is C14H28N2O2. The van der Waals surface area contributed by atoms with E-state index < -0.39 is 5.97 Å². The minimum absolute atomic E-state index is 0.269. The molecule has 1 aliphatic carbocycles. The molecule has 0 heterocycles. The number of carbonyl (C=O) groups is 1. The van der Waals surface area contributed by atoms with Crippen LogP contribution in [0.1, 0.15) is 39.0 Å². The van der Waals surface area contributed by atoms with Crippen LogP contribution < -0.4 is 0 Å². The molecule has 1 aliphatic rings. The van der Waals surface area contributed by atoms with E-state index in [9.17, 15) is 4.79 Å². The summed E-state index contributed by atoms with van der Waals surface area (Å²) < 4.78 is 0. The Hall–Kier alpha value is -0.610. The van der Waals surface area contributed by atoms with Gasteiger partial charge in [-0.15, -0.1) is 0 Å². The van der Waals surface area contributed by atoms with E-state index in [-0.39, 0.29) is 5.92 Å². The summed E-state index contributed by atoms with van der Waals surface area (Å²) in [5.41, 5.74) is 0. The summed E-state index contributed by atoms with van der Waals surface area (Å²) in [6, 6.07) is 0.598. The number of nitrogens with zero attached hydrogens (tertiary/aromatic N) is 2. The van der Waals surface area contributed by atoms with Crippen molar-refractivity contribution in [2.75, 3.05) is 33.7 Å². The fourth-order valence-corrected chi connectivity index (χ4v) is 2.63. The second-order valence-electron chi connectivity index (χ2n) is 5.83. The summed E-state index contributed by atoms with van der Waals surface area (Å²) in [4.78, 5) is 15.6. The van der Waals surface area contributed by atoms with E-state index >= 15 is 0 Å². The maximum Gasteiger partial charge on any atom is 0.307 e. The third kappa shape index (κ3) is 5.36. The van der Waals surface area contributed by atoms with Crippen molar-refractivity contribution < 1.29 is 9.90 Å². The van der Waals surface area contributed by atoms with Gasteiger partial charge in [-0.2, -0.15) is 0 Å². The second kappa shape index (κ2) is 7.74. The van der Waals surface area contributed by atoms with E-state index in [0.29, 0.717) is 12.6 Å². The standard InChI is InChI=1S/C14H28N2O2/c1-12(14(17)18)11-16(10-9-15(2)3)13-7-5-4-6-8-13/h12-13H,4-11H2,1-3H3,(H,17,18). The highest BCUT2D eigenvalue weighted by molar-refractivity contribution is 5.69. The molecule has 0 aromatic heterocycles. The number of aliphatic carboxylic acids is 1. The van der Waals surface area contributed by atoms with Crippen LogP contribution in [0.5, 0.6) is 0 Å². The SMILES string of the molecule is CC(CN(CCN(C)C)C1CCCCC1)C(=O)O. The second-order valence-corrected chi connectivity index (χ2v) is 5.83. The molecular weight excluding hydrogens is 228 g/mol. The van der Waals surface area contributed by atoms with Crippen molar-refractivity contribution >= 4 is 5.97 Å². The van der Waals surface area contributed by atoms with Crippen LogP contribution in [0, 0.1) is 5.92 Å². The number of carboxylic acid groups (broad SMARTS) is 1. The van der Waals surface area contributed by atoms with Crippen LogP contribution in [0.25, 0.3) is 0 Å². The number of rotatable bonds is 7. The van der Waals surface area contributed by atoms with Crippen molar-refractivity contribution in [3.8, 4) is 0 Å². The number of carboxylic acids is 1. The Kier molecular flexibility index (Phi) is 6.65. The molecule has 1 N–H and O–H groups in total. The molecule has 106 valence electrons. The highest BCUT2D eigenvalue weighted by Crippen LogP contribution is 2.23. The van der Waals surface area contributed by atoms with Gasteiger partial charge in [0.25, 0.3) is 0 Å². The lowest BCUT2D eigenvalue weighted by molar-refractivity contribution is -0.142. The van der Waals surface area contributed by atoms with Gasteiger partial charge in [0.05, 0.1) is 5.92 Å². The molecule has 0 aromatic carbocycles. The van der Waals surface area contributed by atoms with Crippen molar-refractivity contribution in [2.24, 2.45) is 5.92 Å². The lowest BCUT2D eigenvalue weighted by Crippen LogP contribution is -2.44. The first-order valence-corrected chi connectivity index (χ1v) is 7.12. The summed E-state index contributed by atoms with van der Waals surface area (Å²) in [5, 5.41) is 9.07. The molecule has 0 saturated heterocycles. The molecule has 18 heavy (non-hydrogen) atoms. The zero-order valence-electron chi connectivity index (χ0n) is 12.1. The Morgan fingerprint density at radius 2 is 1.83 bits per heavy atom. The number of hydrogen-bond acceptors (Lipinski definition) is 3. The molecule has 4 nitrogen and oxygen atoms in total. The molecule has 0 spiro atoms. The molecule has 0 amide bonds. The van der Waals surface area contributed by atoms with Crippen molar-refractivity contribution in [1.29, 1.82) is 0 Å². The van der Waals surface area contributed by atoms with Gasteiger partial charge in [-0.1, -0.05) is 26.2 Å². The minimum Gasteiger partial charge on any atom is -0.481 e. The fourth-order valence-electron chi connectivity index (χ4n) is 2.63. The van der Waals surface area contributed by atoms with Gasteiger partial charge in [-0.25, -0.2) is 0 Å². The zero-order valence-corrected chi connectivity index (χ0v) is 12.1. The maximum absolute atomic E-state index is 11.0. The van der Waals surface area contributed by atoms with Crippen molar-refractivity contribution in [3.05, 3.63) is 0 Å². The highest BCUT2D eigenvalue weighted by Gasteiger charge is 2.24. The van der Waals surface area contributed by atoms with Gasteiger partial charge in [0.15, 0.2) is 0 Å². The van der Waals surface area contributed by atoms with E-state index in [1.54, 1.807) is 0 Å².